The van der Waals surface area contributed by atoms with E-state index >= 15 is 0 Å². The van der Waals surface area contributed by atoms with Crippen LogP contribution in [0.5, 0.6) is 0 Å². The molecule has 1 atom stereocenters. The van der Waals surface area contributed by atoms with E-state index in [1.54, 1.807) is 0 Å². The molecule has 0 amide bonds. The Kier molecular flexibility index (Phi) is 6.20. The fourth-order valence-corrected chi connectivity index (χ4v) is 1.95. The summed E-state index contributed by atoms with van der Waals surface area (Å²) in [5.74, 6) is 0.925. The van der Waals surface area contributed by atoms with Crippen molar-refractivity contribution in [2.75, 3.05) is 5.75 Å². The standard InChI is InChI=1S/C10H20S2/c1-9(2)5-4-6-10(3,12)7-8-11/h5,11-12H,4,6-8H2,1-3H3. The normalized spacial score (nSPS) is 15.4. The van der Waals surface area contributed by atoms with E-state index in [1.165, 1.54) is 5.57 Å². The molecular formula is C10H20S2. The van der Waals surface area contributed by atoms with Gasteiger partial charge in [-0.1, -0.05) is 18.6 Å². The van der Waals surface area contributed by atoms with Gasteiger partial charge in [-0.2, -0.15) is 25.3 Å². The van der Waals surface area contributed by atoms with Gasteiger partial charge in [0.25, 0.3) is 0 Å². The lowest BCUT2D eigenvalue weighted by Crippen LogP contribution is -2.16. The van der Waals surface area contributed by atoms with Crippen molar-refractivity contribution in [3.05, 3.63) is 11.6 Å². The summed E-state index contributed by atoms with van der Waals surface area (Å²) in [6.07, 6.45) is 5.63. The van der Waals surface area contributed by atoms with Crippen LogP contribution in [0.15, 0.2) is 11.6 Å². The number of rotatable bonds is 5. The molecule has 0 aromatic carbocycles. The maximum atomic E-state index is 4.59. The first kappa shape index (κ1) is 12.4. The largest absolute Gasteiger partial charge is 0.179 e. The Balaban J connectivity index is 3.68. The summed E-state index contributed by atoms with van der Waals surface area (Å²) >= 11 is 8.80. The van der Waals surface area contributed by atoms with Crippen LogP contribution < -0.4 is 0 Å². The first-order valence-electron chi connectivity index (χ1n) is 4.44. The van der Waals surface area contributed by atoms with Crippen LogP contribution in [0.2, 0.25) is 0 Å². The van der Waals surface area contributed by atoms with Crippen molar-refractivity contribution in [3.8, 4) is 0 Å². The number of allylic oxidation sites excluding steroid dienone is 2. The molecule has 0 aromatic heterocycles. The topological polar surface area (TPSA) is 0 Å². The lowest BCUT2D eigenvalue weighted by atomic mass is 10.0. The predicted molar refractivity (Wildman–Crippen MR) is 64.5 cm³/mol. The second kappa shape index (κ2) is 5.98. The zero-order chi connectivity index (χ0) is 9.61. The van der Waals surface area contributed by atoms with Gasteiger partial charge in [-0.3, -0.25) is 0 Å². The van der Waals surface area contributed by atoms with Crippen LogP contribution in [0.3, 0.4) is 0 Å². The minimum atomic E-state index is 0.160. The summed E-state index contributed by atoms with van der Waals surface area (Å²) in [6.45, 7) is 6.45. The van der Waals surface area contributed by atoms with E-state index in [4.69, 9.17) is 0 Å². The lowest BCUT2D eigenvalue weighted by Gasteiger charge is -2.21. The Morgan fingerprint density at radius 2 is 1.92 bits per heavy atom. The van der Waals surface area contributed by atoms with Crippen LogP contribution in [0.25, 0.3) is 0 Å². The third-order valence-corrected chi connectivity index (χ3v) is 2.56. The first-order chi connectivity index (χ1) is 5.48. The minimum absolute atomic E-state index is 0.160. The van der Waals surface area contributed by atoms with E-state index in [1.807, 2.05) is 0 Å². The van der Waals surface area contributed by atoms with E-state index in [-0.39, 0.29) is 4.75 Å². The van der Waals surface area contributed by atoms with E-state index in [9.17, 15) is 0 Å². The second-order valence-corrected chi connectivity index (χ2v) is 5.32. The molecule has 0 aliphatic rings. The van der Waals surface area contributed by atoms with Gasteiger partial charge in [0.1, 0.15) is 0 Å². The average molecular weight is 204 g/mol. The predicted octanol–water partition coefficient (Wildman–Crippen LogP) is 3.74. The quantitative estimate of drug-likeness (QED) is 0.495. The van der Waals surface area contributed by atoms with Crippen LogP contribution in [0, 0.1) is 0 Å². The highest BCUT2D eigenvalue weighted by Gasteiger charge is 2.16. The summed E-state index contributed by atoms with van der Waals surface area (Å²) in [7, 11) is 0. The smallest absolute Gasteiger partial charge is 0.0112 e. The van der Waals surface area contributed by atoms with Crippen LogP contribution in [-0.2, 0) is 0 Å². The maximum Gasteiger partial charge on any atom is 0.0112 e. The van der Waals surface area contributed by atoms with E-state index in [0.717, 1.165) is 25.0 Å². The maximum absolute atomic E-state index is 4.59. The molecule has 0 saturated heterocycles. The van der Waals surface area contributed by atoms with E-state index < -0.39 is 0 Å². The Morgan fingerprint density at radius 1 is 1.33 bits per heavy atom. The summed E-state index contributed by atoms with van der Waals surface area (Å²) in [5.41, 5.74) is 1.39. The van der Waals surface area contributed by atoms with Gasteiger partial charge in [0.15, 0.2) is 0 Å². The molecule has 0 heterocycles. The molecule has 0 rings (SSSR count). The molecule has 72 valence electrons. The molecule has 0 fully saturated rings. The van der Waals surface area contributed by atoms with Gasteiger partial charge < -0.3 is 0 Å². The third kappa shape index (κ3) is 7.11. The van der Waals surface area contributed by atoms with Gasteiger partial charge in [-0.15, -0.1) is 0 Å². The van der Waals surface area contributed by atoms with Crippen LogP contribution in [-0.4, -0.2) is 10.5 Å². The molecule has 0 saturated carbocycles. The highest BCUT2D eigenvalue weighted by molar-refractivity contribution is 7.82. The van der Waals surface area contributed by atoms with Crippen molar-refractivity contribution in [1.29, 1.82) is 0 Å². The summed E-state index contributed by atoms with van der Waals surface area (Å²) in [5, 5.41) is 0. The van der Waals surface area contributed by atoms with Crippen molar-refractivity contribution in [1.82, 2.24) is 0 Å². The molecule has 0 aliphatic heterocycles. The third-order valence-electron chi connectivity index (χ3n) is 1.89. The molecule has 12 heavy (non-hydrogen) atoms. The SMILES string of the molecule is CC(C)=CCCC(C)(S)CCS. The van der Waals surface area contributed by atoms with Crippen LogP contribution >= 0.6 is 25.3 Å². The summed E-state index contributed by atoms with van der Waals surface area (Å²) in [4.78, 5) is 0. The lowest BCUT2D eigenvalue weighted by molar-refractivity contribution is 0.583. The number of thiol groups is 2. The Labute approximate surface area is 87.6 Å². The molecule has 2 heteroatoms. The van der Waals surface area contributed by atoms with Crippen molar-refractivity contribution in [2.24, 2.45) is 0 Å². The van der Waals surface area contributed by atoms with Gasteiger partial charge in [0.05, 0.1) is 0 Å². The zero-order valence-corrected chi connectivity index (χ0v) is 10.1. The highest BCUT2D eigenvalue weighted by atomic mass is 32.1. The van der Waals surface area contributed by atoms with Crippen LogP contribution in [0.4, 0.5) is 0 Å². The summed E-state index contributed by atoms with van der Waals surface area (Å²) in [6, 6.07) is 0. The van der Waals surface area contributed by atoms with Crippen molar-refractivity contribution in [2.45, 2.75) is 44.8 Å². The monoisotopic (exact) mass is 204 g/mol. The molecule has 0 aliphatic carbocycles. The molecule has 1 unspecified atom stereocenters. The Hall–Kier alpha value is 0.440. The molecule has 0 N–H and O–H groups in total. The minimum Gasteiger partial charge on any atom is -0.179 e. The summed E-state index contributed by atoms with van der Waals surface area (Å²) < 4.78 is 0.160. The van der Waals surface area contributed by atoms with Crippen molar-refractivity contribution >= 4 is 25.3 Å². The van der Waals surface area contributed by atoms with Gasteiger partial charge >= 0.3 is 0 Å². The molecule has 0 aromatic rings. The number of hydrogen-bond acceptors (Lipinski definition) is 2. The molecule has 0 spiro atoms. The fourth-order valence-electron chi connectivity index (χ4n) is 1.04. The molecule has 0 nitrogen and oxygen atoms in total. The second-order valence-electron chi connectivity index (χ2n) is 3.79. The van der Waals surface area contributed by atoms with Crippen LogP contribution in [0.1, 0.15) is 40.0 Å². The fraction of sp³-hybridized carbons (Fsp3) is 0.800. The van der Waals surface area contributed by atoms with Crippen molar-refractivity contribution in [3.63, 3.8) is 0 Å². The van der Waals surface area contributed by atoms with Gasteiger partial charge in [-0.25, -0.2) is 0 Å². The first-order valence-corrected chi connectivity index (χ1v) is 5.52. The Bertz CT molecular complexity index is 144. The van der Waals surface area contributed by atoms with Gasteiger partial charge in [-0.05, 0) is 38.9 Å². The molecule has 0 radical (unpaired) electrons. The average Bonchev–Trinajstić information content (AvgIpc) is 1.85. The zero-order valence-electron chi connectivity index (χ0n) is 8.30. The van der Waals surface area contributed by atoms with Gasteiger partial charge in [0, 0.05) is 4.75 Å². The van der Waals surface area contributed by atoms with Crippen molar-refractivity contribution < 1.29 is 0 Å². The molecular weight excluding hydrogens is 184 g/mol. The van der Waals surface area contributed by atoms with E-state index in [2.05, 4.69) is 52.1 Å². The number of hydrogen-bond donors (Lipinski definition) is 2. The molecule has 0 bridgehead atoms. The van der Waals surface area contributed by atoms with E-state index in [0.29, 0.717) is 0 Å². The van der Waals surface area contributed by atoms with Gasteiger partial charge in [0.2, 0.25) is 0 Å². The Morgan fingerprint density at radius 3 is 2.33 bits per heavy atom. The highest BCUT2D eigenvalue weighted by Crippen LogP contribution is 2.25.